The Morgan fingerprint density at radius 3 is 2.37 bits per heavy atom. The SMILES string of the molecule is CC(C)CNCC1(c2ccccc2Cl)CC(C)(C)C1. The van der Waals surface area contributed by atoms with E-state index in [1.165, 1.54) is 18.4 Å². The molecule has 0 atom stereocenters. The van der Waals surface area contributed by atoms with Crippen molar-refractivity contribution in [3.8, 4) is 0 Å². The summed E-state index contributed by atoms with van der Waals surface area (Å²) in [5.74, 6) is 0.691. The molecule has 19 heavy (non-hydrogen) atoms. The van der Waals surface area contributed by atoms with Gasteiger partial charge in [0.05, 0.1) is 0 Å². The molecule has 1 nitrogen and oxygen atoms in total. The van der Waals surface area contributed by atoms with Gasteiger partial charge in [-0.1, -0.05) is 57.5 Å². The van der Waals surface area contributed by atoms with E-state index in [0.717, 1.165) is 18.1 Å². The first-order valence-electron chi connectivity index (χ1n) is 7.30. The van der Waals surface area contributed by atoms with Crippen LogP contribution in [0.2, 0.25) is 5.02 Å². The maximum absolute atomic E-state index is 6.43. The van der Waals surface area contributed by atoms with Crippen molar-refractivity contribution in [1.29, 1.82) is 0 Å². The fourth-order valence-electron chi connectivity index (χ4n) is 3.68. The number of halogens is 1. The predicted molar refractivity (Wildman–Crippen MR) is 83.9 cm³/mol. The first-order chi connectivity index (χ1) is 8.85. The van der Waals surface area contributed by atoms with Crippen LogP contribution in [0.15, 0.2) is 24.3 Å². The van der Waals surface area contributed by atoms with E-state index in [4.69, 9.17) is 11.6 Å². The molecule has 1 saturated carbocycles. The molecule has 2 heteroatoms. The van der Waals surface area contributed by atoms with Crippen LogP contribution in [0.1, 0.15) is 46.1 Å². The van der Waals surface area contributed by atoms with Crippen molar-refractivity contribution < 1.29 is 0 Å². The van der Waals surface area contributed by atoms with Crippen molar-refractivity contribution >= 4 is 11.6 Å². The lowest BCUT2D eigenvalue weighted by Gasteiger charge is -2.54. The van der Waals surface area contributed by atoms with Gasteiger partial charge in [-0.2, -0.15) is 0 Å². The second-order valence-electron chi connectivity index (χ2n) is 7.30. The lowest BCUT2D eigenvalue weighted by atomic mass is 9.52. The van der Waals surface area contributed by atoms with Gasteiger partial charge >= 0.3 is 0 Å². The van der Waals surface area contributed by atoms with E-state index >= 15 is 0 Å². The lowest BCUT2D eigenvalue weighted by molar-refractivity contribution is 0.0559. The van der Waals surface area contributed by atoms with Gasteiger partial charge in [0, 0.05) is 17.0 Å². The lowest BCUT2D eigenvalue weighted by Crippen LogP contribution is -2.53. The molecule has 1 aromatic rings. The zero-order chi connectivity index (χ0) is 14.1. The summed E-state index contributed by atoms with van der Waals surface area (Å²) in [5, 5.41) is 4.55. The van der Waals surface area contributed by atoms with Crippen molar-refractivity contribution in [1.82, 2.24) is 5.32 Å². The van der Waals surface area contributed by atoms with Crippen molar-refractivity contribution in [2.24, 2.45) is 11.3 Å². The highest BCUT2D eigenvalue weighted by molar-refractivity contribution is 6.31. The summed E-state index contributed by atoms with van der Waals surface area (Å²) < 4.78 is 0. The molecule has 0 heterocycles. The van der Waals surface area contributed by atoms with E-state index in [1.54, 1.807) is 0 Å². The minimum atomic E-state index is 0.233. The normalized spacial score (nSPS) is 20.3. The Morgan fingerprint density at radius 2 is 1.84 bits per heavy atom. The van der Waals surface area contributed by atoms with E-state index in [1.807, 2.05) is 12.1 Å². The van der Waals surface area contributed by atoms with Gasteiger partial charge in [-0.3, -0.25) is 0 Å². The van der Waals surface area contributed by atoms with Crippen molar-refractivity contribution in [2.45, 2.75) is 46.0 Å². The van der Waals surface area contributed by atoms with Gasteiger partial charge in [0.2, 0.25) is 0 Å². The van der Waals surface area contributed by atoms with Crippen LogP contribution >= 0.6 is 11.6 Å². The third kappa shape index (κ3) is 3.32. The van der Waals surface area contributed by atoms with Crippen molar-refractivity contribution in [3.63, 3.8) is 0 Å². The molecule has 1 aliphatic carbocycles. The zero-order valence-corrected chi connectivity index (χ0v) is 13.3. The van der Waals surface area contributed by atoms with Crippen molar-refractivity contribution in [3.05, 3.63) is 34.9 Å². The maximum Gasteiger partial charge on any atom is 0.0444 e. The average molecular weight is 280 g/mol. The first kappa shape index (κ1) is 14.9. The molecule has 1 fully saturated rings. The van der Waals surface area contributed by atoms with E-state index in [-0.39, 0.29) is 5.41 Å². The standard InChI is InChI=1S/C17H26ClN/c1-13(2)9-19-12-17(10-16(3,4)11-17)14-7-5-6-8-15(14)18/h5-8,13,19H,9-12H2,1-4H3. The fourth-order valence-corrected chi connectivity index (χ4v) is 4.02. The number of hydrogen-bond donors (Lipinski definition) is 1. The molecule has 1 N–H and O–H groups in total. The topological polar surface area (TPSA) is 12.0 Å². The molecule has 0 aliphatic heterocycles. The van der Waals surface area contributed by atoms with Crippen LogP contribution in [0.4, 0.5) is 0 Å². The molecule has 106 valence electrons. The summed E-state index contributed by atoms with van der Waals surface area (Å²) in [7, 11) is 0. The largest absolute Gasteiger partial charge is 0.316 e. The van der Waals surface area contributed by atoms with Gasteiger partial charge in [-0.25, -0.2) is 0 Å². The molecule has 1 aliphatic rings. The van der Waals surface area contributed by atoms with Gasteiger partial charge in [-0.15, -0.1) is 0 Å². The highest BCUT2D eigenvalue weighted by Gasteiger charge is 2.50. The predicted octanol–water partition coefficient (Wildman–Crippen LogP) is 4.64. The molecule has 0 saturated heterocycles. The van der Waals surface area contributed by atoms with E-state index < -0.39 is 0 Å². The smallest absolute Gasteiger partial charge is 0.0444 e. The summed E-state index contributed by atoms with van der Waals surface area (Å²) in [6.45, 7) is 11.3. The third-order valence-electron chi connectivity index (χ3n) is 4.10. The quantitative estimate of drug-likeness (QED) is 0.828. The molecular formula is C17H26ClN. The van der Waals surface area contributed by atoms with Crippen LogP contribution in [0.3, 0.4) is 0 Å². The Morgan fingerprint density at radius 1 is 1.21 bits per heavy atom. The Hall–Kier alpha value is -0.530. The van der Waals surface area contributed by atoms with E-state index in [9.17, 15) is 0 Å². The maximum atomic E-state index is 6.43. The van der Waals surface area contributed by atoms with Gasteiger partial charge in [-0.05, 0) is 42.3 Å². The Labute approximate surface area is 122 Å². The number of benzene rings is 1. The van der Waals surface area contributed by atoms with Crippen LogP contribution in [0, 0.1) is 11.3 Å². The first-order valence-corrected chi connectivity index (χ1v) is 7.68. The Kier molecular flexibility index (Phi) is 4.27. The summed E-state index contributed by atoms with van der Waals surface area (Å²) in [6, 6.07) is 8.35. The fraction of sp³-hybridized carbons (Fsp3) is 0.647. The monoisotopic (exact) mass is 279 g/mol. The number of nitrogens with one attached hydrogen (secondary N) is 1. The van der Waals surface area contributed by atoms with Gasteiger partial charge in [0.1, 0.15) is 0 Å². The molecular weight excluding hydrogens is 254 g/mol. The second-order valence-corrected chi connectivity index (χ2v) is 7.71. The van der Waals surface area contributed by atoms with Crippen LogP contribution in [0.25, 0.3) is 0 Å². The summed E-state index contributed by atoms with van der Waals surface area (Å²) >= 11 is 6.43. The van der Waals surface area contributed by atoms with Crippen LogP contribution in [0.5, 0.6) is 0 Å². The molecule has 0 bridgehead atoms. The molecule has 2 rings (SSSR count). The van der Waals surface area contributed by atoms with E-state index in [2.05, 4.69) is 45.1 Å². The summed E-state index contributed by atoms with van der Waals surface area (Å²) in [5.41, 5.74) is 2.00. The zero-order valence-electron chi connectivity index (χ0n) is 12.6. The molecule has 0 radical (unpaired) electrons. The van der Waals surface area contributed by atoms with Gasteiger partial charge in [0.15, 0.2) is 0 Å². The number of rotatable bonds is 5. The Bertz CT molecular complexity index is 429. The summed E-state index contributed by atoms with van der Waals surface area (Å²) in [6.07, 6.45) is 2.43. The van der Waals surface area contributed by atoms with Crippen molar-refractivity contribution in [2.75, 3.05) is 13.1 Å². The second kappa shape index (κ2) is 5.46. The molecule has 0 amide bonds. The third-order valence-corrected chi connectivity index (χ3v) is 4.42. The van der Waals surface area contributed by atoms with E-state index in [0.29, 0.717) is 11.3 Å². The molecule has 0 unspecified atom stereocenters. The molecule has 0 spiro atoms. The van der Waals surface area contributed by atoms with Crippen LogP contribution in [-0.4, -0.2) is 13.1 Å². The highest BCUT2D eigenvalue weighted by atomic mass is 35.5. The van der Waals surface area contributed by atoms with Crippen LogP contribution < -0.4 is 5.32 Å². The van der Waals surface area contributed by atoms with Crippen LogP contribution in [-0.2, 0) is 5.41 Å². The minimum absolute atomic E-state index is 0.233. The highest BCUT2D eigenvalue weighted by Crippen LogP contribution is 2.56. The average Bonchev–Trinajstić information content (AvgIpc) is 2.26. The minimum Gasteiger partial charge on any atom is -0.316 e. The molecule has 1 aromatic carbocycles. The Balaban J connectivity index is 2.15. The summed E-state index contributed by atoms with van der Waals surface area (Å²) in [4.78, 5) is 0. The molecule has 0 aromatic heterocycles. The number of hydrogen-bond acceptors (Lipinski definition) is 1. The van der Waals surface area contributed by atoms with Gasteiger partial charge in [0.25, 0.3) is 0 Å². The van der Waals surface area contributed by atoms with Gasteiger partial charge < -0.3 is 5.32 Å².